The van der Waals surface area contributed by atoms with Crippen molar-refractivity contribution in [1.82, 2.24) is 0 Å². The van der Waals surface area contributed by atoms with E-state index in [0.717, 1.165) is 25.7 Å². The molecule has 0 aliphatic carbocycles. The first kappa shape index (κ1) is 35.0. The molecule has 0 amide bonds. The lowest BCUT2D eigenvalue weighted by atomic mass is 9.86. The second kappa shape index (κ2) is 24.3. The van der Waals surface area contributed by atoms with E-state index in [9.17, 15) is 4.79 Å². The molecule has 0 saturated heterocycles. The Bertz CT molecular complexity index is 474. The maximum atomic E-state index is 12.8. The van der Waals surface area contributed by atoms with E-state index in [0.29, 0.717) is 10.5 Å². The van der Waals surface area contributed by atoms with Gasteiger partial charge in [0.2, 0.25) is 10.5 Å². The molecular formula is C29H60O4SSi. The Hall–Kier alpha value is -0.0431. The highest BCUT2D eigenvalue weighted by Crippen LogP contribution is 2.36. The normalized spacial score (nSPS) is 13.7. The number of hydrogen-bond acceptors (Lipinski definition) is 5. The Kier molecular flexibility index (Phi) is 24.3. The van der Waals surface area contributed by atoms with Gasteiger partial charge in [-0.2, -0.15) is 12.6 Å². The minimum Gasteiger partial charge on any atom is -0.525 e. The van der Waals surface area contributed by atoms with E-state index in [2.05, 4.69) is 13.8 Å². The highest BCUT2D eigenvalue weighted by atomic mass is 32.1. The fourth-order valence-corrected chi connectivity index (χ4v) is 6.01. The van der Waals surface area contributed by atoms with Crippen LogP contribution in [0.3, 0.4) is 0 Å². The van der Waals surface area contributed by atoms with Crippen LogP contribution in [0, 0.1) is 5.92 Å². The van der Waals surface area contributed by atoms with Crippen LogP contribution < -0.4 is 0 Å². The lowest BCUT2D eigenvalue weighted by Gasteiger charge is -2.38. The van der Waals surface area contributed by atoms with E-state index < -0.39 is 11.8 Å². The second-order valence-corrected chi connectivity index (χ2v) is 11.4. The van der Waals surface area contributed by atoms with Crippen molar-refractivity contribution in [3.63, 3.8) is 0 Å². The summed E-state index contributed by atoms with van der Waals surface area (Å²) in [7, 11) is 3.45. The summed E-state index contributed by atoms with van der Waals surface area (Å²) >= 11 is 4.96. The molecule has 0 radical (unpaired) electrons. The van der Waals surface area contributed by atoms with Crippen LogP contribution in [0.2, 0.25) is 0 Å². The summed E-state index contributed by atoms with van der Waals surface area (Å²) in [5, 5.41) is 0.0548. The molecule has 0 fully saturated rings. The van der Waals surface area contributed by atoms with E-state index in [1.807, 2.05) is 0 Å². The summed E-state index contributed by atoms with van der Waals surface area (Å²) in [6.07, 6.45) is 26.7. The average molecular weight is 533 g/mol. The highest BCUT2D eigenvalue weighted by molar-refractivity contribution is 7.81. The number of unbranched alkanes of at least 4 members (excludes halogenated alkanes) is 17. The molecule has 0 heterocycles. The number of thiol groups is 1. The van der Waals surface area contributed by atoms with Crippen molar-refractivity contribution in [2.45, 2.75) is 160 Å². The third-order valence-electron chi connectivity index (χ3n) is 7.50. The molecule has 210 valence electrons. The molecule has 0 aliphatic rings. The van der Waals surface area contributed by atoms with Crippen molar-refractivity contribution < 1.29 is 18.7 Å². The molecule has 2 unspecified atom stereocenters. The number of methoxy groups -OCH3 is 2. The summed E-state index contributed by atoms with van der Waals surface area (Å²) < 4.78 is 16.7. The summed E-state index contributed by atoms with van der Waals surface area (Å²) in [5.74, 6) is -1.84. The lowest BCUT2D eigenvalue weighted by Crippen LogP contribution is -2.53. The van der Waals surface area contributed by atoms with Gasteiger partial charge < -0.3 is 13.9 Å². The molecule has 4 nitrogen and oxygen atoms in total. The highest BCUT2D eigenvalue weighted by Gasteiger charge is 2.49. The second-order valence-electron chi connectivity index (χ2n) is 10.3. The summed E-state index contributed by atoms with van der Waals surface area (Å²) in [5.41, 5.74) is 0. The maximum Gasteiger partial charge on any atom is 0.353 e. The maximum absolute atomic E-state index is 12.8. The van der Waals surface area contributed by atoms with E-state index in [1.165, 1.54) is 109 Å². The molecule has 0 rings (SSSR count). The minimum absolute atomic E-state index is 0.0548. The Morgan fingerprint density at radius 1 is 0.657 bits per heavy atom. The van der Waals surface area contributed by atoms with Crippen molar-refractivity contribution in [3.05, 3.63) is 0 Å². The third kappa shape index (κ3) is 15.7. The molecule has 2 atom stereocenters. The van der Waals surface area contributed by atoms with E-state index >= 15 is 0 Å². The summed E-state index contributed by atoms with van der Waals surface area (Å²) in [6, 6.07) is 0. The van der Waals surface area contributed by atoms with Gasteiger partial charge >= 0.3 is 5.97 Å². The first-order chi connectivity index (χ1) is 17.0. The zero-order valence-corrected chi connectivity index (χ0v) is 27.0. The predicted octanol–water partition coefficient (Wildman–Crippen LogP) is 7.95. The monoisotopic (exact) mass is 532 g/mol. The quantitative estimate of drug-likeness (QED) is 0.0531. The zero-order chi connectivity index (χ0) is 26.2. The molecule has 0 aliphatic heterocycles. The van der Waals surface area contributed by atoms with Crippen molar-refractivity contribution in [3.8, 4) is 0 Å². The van der Waals surface area contributed by atoms with Crippen LogP contribution in [-0.4, -0.2) is 41.7 Å². The Morgan fingerprint density at radius 2 is 1.00 bits per heavy atom. The van der Waals surface area contributed by atoms with Crippen LogP contribution in [0.15, 0.2) is 0 Å². The smallest absolute Gasteiger partial charge is 0.353 e. The van der Waals surface area contributed by atoms with Gasteiger partial charge in [0.25, 0.3) is 5.79 Å². The van der Waals surface area contributed by atoms with Crippen molar-refractivity contribution in [1.29, 1.82) is 0 Å². The molecule has 0 bridgehead atoms. The van der Waals surface area contributed by atoms with Crippen LogP contribution in [0.5, 0.6) is 0 Å². The Morgan fingerprint density at radius 3 is 1.34 bits per heavy atom. The van der Waals surface area contributed by atoms with Gasteiger partial charge in [-0.3, -0.25) is 0 Å². The van der Waals surface area contributed by atoms with Crippen LogP contribution in [0.25, 0.3) is 0 Å². The predicted molar refractivity (Wildman–Crippen MR) is 157 cm³/mol. The van der Waals surface area contributed by atoms with E-state index in [1.54, 1.807) is 14.2 Å². The standard InChI is InChI=1S/C29H60O4SSi/c1-5-7-9-11-13-14-15-16-17-18-19-20-22-24-26(29(31-3,32-4)28(30)33-35)27(34)25-23-21-12-10-8-6-2/h26-27,34H,5-25H2,1-4,35H3. The first-order valence-corrected chi connectivity index (χ1v) is 16.2. The lowest BCUT2D eigenvalue weighted by molar-refractivity contribution is -0.245. The molecule has 0 aromatic rings. The molecule has 6 heteroatoms. The van der Waals surface area contributed by atoms with Crippen molar-refractivity contribution in [2.75, 3.05) is 14.2 Å². The Balaban J connectivity index is 4.45. The topological polar surface area (TPSA) is 44.8 Å². The van der Waals surface area contributed by atoms with Crippen molar-refractivity contribution >= 4 is 29.1 Å². The average Bonchev–Trinajstić information content (AvgIpc) is 2.88. The fourth-order valence-electron chi connectivity index (χ4n) is 5.20. The van der Waals surface area contributed by atoms with Gasteiger partial charge in [0.1, 0.15) is 0 Å². The largest absolute Gasteiger partial charge is 0.525 e. The molecule has 35 heavy (non-hydrogen) atoms. The van der Waals surface area contributed by atoms with Gasteiger partial charge in [0, 0.05) is 25.4 Å². The van der Waals surface area contributed by atoms with Crippen LogP contribution >= 0.6 is 12.6 Å². The van der Waals surface area contributed by atoms with E-state index in [4.69, 9.17) is 26.5 Å². The van der Waals surface area contributed by atoms with Gasteiger partial charge in [-0.15, -0.1) is 0 Å². The van der Waals surface area contributed by atoms with Crippen LogP contribution in [-0.2, 0) is 18.7 Å². The van der Waals surface area contributed by atoms with Crippen LogP contribution in [0.1, 0.15) is 149 Å². The molecule has 0 aromatic heterocycles. The van der Waals surface area contributed by atoms with E-state index in [-0.39, 0.29) is 11.2 Å². The first-order valence-electron chi connectivity index (χ1n) is 14.9. The molecule has 0 spiro atoms. The zero-order valence-electron chi connectivity index (χ0n) is 24.1. The molecule has 0 aromatic carbocycles. The number of hydrogen-bond donors (Lipinski definition) is 1. The van der Waals surface area contributed by atoms with Gasteiger partial charge in [0.15, 0.2) is 0 Å². The SMILES string of the molecule is CCCCCCCCCCCCCCCC(C(S)CCCCCCCC)C(OC)(OC)C(=O)O[SiH3]. The van der Waals surface area contributed by atoms with Gasteiger partial charge in [-0.25, -0.2) is 4.79 Å². The summed E-state index contributed by atoms with van der Waals surface area (Å²) in [4.78, 5) is 12.8. The number of carbonyl (C=O) groups excluding carboxylic acids is 1. The fraction of sp³-hybridized carbons (Fsp3) is 0.966. The Labute approximate surface area is 227 Å². The molecule has 0 N–H and O–H groups in total. The number of carbonyl (C=O) groups is 1. The van der Waals surface area contributed by atoms with Gasteiger partial charge in [0.05, 0.1) is 0 Å². The number of rotatable bonds is 26. The van der Waals surface area contributed by atoms with Crippen molar-refractivity contribution in [2.24, 2.45) is 5.92 Å². The van der Waals surface area contributed by atoms with Gasteiger partial charge in [-0.05, 0) is 12.8 Å². The molecular weight excluding hydrogens is 472 g/mol. The van der Waals surface area contributed by atoms with Crippen LogP contribution in [0.4, 0.5) is 0 Å². The van der Waals surface area contributed by atoms with Gasteiger partial charge in [-0.1, -0.05) is 136 Å². The summed E-state index contributed by atoms with van der Waals surface area (Å²) in [6.45, 7) is 4.52. The molecule has 0 saturated carbocycles. The third-order valence-corrected chi connectivity index (χ3v) is 8.49. The minimum atomic E-state index is -1.34. The number of ether oxygens (including phenoxy) is 2.